The lowest BCUT2D eigenvalue weighted by molar-refractivity contribution is -0.134. The number of nitrogens with two attached hydrogens (primary N) is 1. The fourth-order valence-corrected chi connectivity index (χ4v) is 2.87. The maximum atomic E-state index is 12.3. The van der Waals surface area contributed by atoms with Crippen molar-refractivity contribution in [1.29, 1.82) is 0 Å². The molecular formula is C11H21N3O2S. The molecule has 1 aliphatic rings. The fourth-order valence-electron chi connectivity index (χ4n) is 1.98. The minimum atomic E-state index is -0.511. The Bertz CT molecular complexity index is 286. The number of oxime groups is 1. The third-order valence-electron chi connectivity index (χ3n) is 2.90. The van der Waals surface area contributed by atoms with E-state index in [1.807, 2.05) is 30.5 Å². The first-order valence-electron chi connectivity index (χ1n) is 5.92. The molecule has 1 amide bonds. The smallest absolute Gasteiger partial charge is 0.233 e. The van der Waals surface area contributed by atoms with E-state index in [0.717, 1.165) is 31.0 Å². The van der Waals surface area contributed by atoms with Gasteiger partial charge in [0.1, 0.15) is 5.92 Å². The average Bonchev–Trinajstić information content (AvgIpc) is 2.56. The van der Waals surface area contributed by atoms with Crippen LogP contribution < -0.4 is 5.73 Å². The number of nitrogens with zero attached hydrogens (tertiary/aromatic N) is 2. The van der Waals surface area contributed by atoms with E-state index < -0.39 is 5.92 Å². The molecule has 98 valence electrons. The molecule has 1 atom stereocenters. The Morgan fingerprint density at radius 3 is 2.71 bits per heavy atom. The summed E-state index contributed by atoms with van der Waals surface area (Å²) in [6, 6.07) is 0. The van der Waals surface area contributed by atoms with Gasteiger partial charge in [0.2, 0.25) is 5.91 Å². The highest BCUT2D eigenvalue weighted by molar-refractivity contribution is 7.99. The Hall–Kier alpha value is -0.910. The van der Waals surface area contributed by atoms with Crippen LogP contribution in [0.15, 0.2) is 5.16 Å². The summed E-state index contributed by atoms with van der Waals surface area (Å²) < 4.78 is 0. The Labute approximate surface area is 106 Å². The molecule has 1 rings (SSSR count). The SMILES string of the molecule is CC(C)C(C(=O)N1CCCSCC1)C(N)=NO. The molecule has 0 aromatic heterocycles. The van der Waals surface area contributed by atoms with Crippen LogP contribution in [-0.4, -0.2) is 46.4 Å². The normalized spacial score (nSPS) is 20.2. The molecule has 0 aliphatic carbocycles. The highest BCUT2D eigenvalue weighted by Gasteiger charge is 2.30. The second-order valence-corrected chi connectivity index (χ2v) is 5.76. The Morgan fingerprint density at radius 2 is 2.12 bits per heavy atom. The van der Waals surface area contributed by atoms with E-state index in [-0.39, 0.29) is 17.7 Å². The maximum Gasteiger partial charge on any atom is 0.233 e. The molecular weight excluding hydrogens is 238 g/mol. The van der Waals surface area contributed by atoms with Gasteiger partial charge in [-0.25, -0.2) is 0 Å². The van der Waals surface area contributed by atoms with Crippen molar-refractivity contribution in [3.05, 3.63) is 0 Å². The minimum absolute atomic E-state index is 0.0156. The quantitative estimate of drug-likeness (QED) is 0.342. The second kappa shape index (κ2) is 6.74. The van der Waals surface area contributed by atoms with Gasteiger partial charge in [-0.2, -0.15) is 11.8 Å². The Morgan fingerprint density at radius 1 is 1.41 bits per heavy atom. The van der Waals surface area contributed by atoms with E-state index in [0.29, 0.717) is 0 Å². The number of thioether (sulfide) groups is 1. The summed E-state index contributed by atoms with van der Waals surface area (Å²) in [5.41, 5.74) is 5.61. The topological polar surface area (TPSA) is 78.9 Å². The molecule has 0 bridgehead atoms. The van der Waals surface area contributed by atoms with Crippen LogP contribution in [0.2, 0.25) is 0 Å². The summed E-state index contributed by atoms with van der Waals surface area (Å²) in [5, 5.41) is 11.7. The van der Waals surface area contributed by atoms with Gasteiger partial charge in [0.15, 0.2) is 5.84 Å². The Balaban J connectivity index is 2.76. The summed E-state index contributed by atoms with van der Waals surface area (Å²) in [4.78, 5) is 14.2. The lowest BCUT2D eigenvalue weighted by atomic mass is 9.93. The molecule has 5 nitrogen and oxygen atoms in total. The van der Waals surface area contributed by atoms with Crippen molar-refractivity contribution in [2.75, 3.05) is 24.6 Å². The third kappa shape index (κ3) is 3.80. The lowest BCUT2D eigenvalue weighted by Crippen LogP contribution is -2.45. The van der Waals surface area contributed by atoms with Crippen molar-refractivity contribution < 1.29 is 10.0 Å². The number of carbonyl (C=O) groups is 1. The third-order valence-corrected chi connectivity index (χ3v) is 3.95. The number of carbonyl (C=O) groups excluding carboxylic acids is 1. The number of hydrogen-bond donors (Lipinski definition) is 2. The van der Waals surface area contributed by atoms with Gasteiger partial charge in [-0.05, 0) is 18.1 Å². The van der Waals surface area contributed by atoms with Crippen LogP contribution in [0.25, 0.3) is 0 Å². The zero-order valence-corrected chi connectivity index (χ0v) is 11.2. The zero-order chi connectivity index (χ0) is 12.8. The minimum Gasteiger partial charge on any atom is -0.409 e. The van der Waals surface area contributed by atoms with Crippen molar-refractivity contribution in [2.24, 2.45) is 22.7 Å². The molecule has 1 fully saturated rings. The number of amidine groups is 1. The molecule has 1 saturated heterocycles. The van der Waals surface area contributed by atoms with Gasteiger partial charge in [-0.3, -0.25) is 4.79 Å². The van der Waals surface area contributed by atoms with E-state index >= 15 is 0 Å². The van der Waals surface area contributed by atoms with E-state index in [1.165, 1.54) is 0 Å². The fraction of sp³-hybridized carbons (Fsp3) is 0.818. The van der Waals surface area contributed by atoms with Gasteiger partial charge >= 0.3 is 0 Å². The molecule has 0 saturated carbocycles. The highest BCUT2D eigenvalue weighted by Crippen LogP contribution is 2.18. The van der Waals surface area contributed by atoms with Gasteiger partial charge in [0, 0.05) is 18.8 Å². The molecule has 0 spiro atoms. The number of hydrogen-bond acceptors (Lipinski definition) is 4. The summed E-state index contributed by atoms with van der Waals surface area (Å²) >= 11 is 1.87. The molecule has 1 heterocycles. The molecule has 0 radical (unpaired) electrons. The zero-order valence-electron chi connectivity index (χ0n) is 10.4. The van der Waals surface area contributed by atoms with Crippen LogP contribution in [0.1, 0.15) is 20.3 Å². The largest absolute Gasteiger partial charge is 0.409 e. The molecule has 3 N–H and O–H groups in total. The predicted octanol–water partition coefficient (Wildman–Crippen LogP) is 0.970. The van der Waals surface area contributed by atoms with E-state index in [9.17, 15) is 4.79 Å². The predicted molar refractivity (Wildman–Crippen MR) is 70.3 cm³/mol. The summed E-state index contributed by atoms with van der Waals surface area (Å²) in [5.74, 6) is 1.59. The van der Waals surface area contributed by atoms with Gasteiger partial charge in [-0.1, -0.05) is 19.0 Å². The van der Waals surface area contributed by atoms with Crippen LogP contribution in [0, 0.1) is 11.8 Å². The molecule has 17 heavy (non-hydrogen) atoms. The second-order valence-electron chi connectivity index (χ2n) is 4.54. The van der Waals surface area contributed by atoms with Crippen LogP contribution in [-0.2, 0) is 4.79 Å². The van der Waals surface area contributed by atoms with Crippen molar-refractivity contribution in [2.45, 2.75) is 20.3 Å². The molecule has 0 aromatic carbocycles. The first-order valence-corrected chi connectivity index (χ1v) is 7.07. The van der Waals surface area contributed by atoms with Crippen LogP contribution in [0.3, 0.4) is 0 Å². The van der Waals surface area contributed by atoms with Gasteiger partial charge in [0.05, 0.1) is 0 Å². The van der Waals surface area contributed by atoms with Crippen molar-refractivity contribution in [1.82, 2.24) is 4.90 Å². The lowest BCUT2D eigenvalue weighted by Gasteiger charge is -2.27. The standard InChI is InChI=1S/C11H21N3O2S/c1-8(2)9(10(12)13-16)11(15)14-4-3-6-17-7-5-14/h8-9,16H,3-7H2,1-2H3,(H2,12,13). The first kappa shape index (κ1) is 14.2. The monoisotopic (exact) mass is 259 g/mol. The number of amides is 1. The molecule has 6 heteroatoms. The van der Waals surface area contributed by atoms with E-state index in [2.05, 4.69) is 5.16 Å². The molecule has 0 aromatic rings. The molecule has 1 aliphatic heterocycles. The first-order chi connectivity index (χ1) is 8.07. The van der Waals surface area contributed by atoms with Crippen molar-refractivity contribution in [3.8, 4) is 0 Å². The van der Waals surface area contributed by atoms with E-state index in [1.54, 1.807) is 0 Å². The van der Waals surface area contributed by atoms with Gasteiger partial charge in [-0.15, -0.1) is 0 Å². The highest BCUT2D eigenvalue weighted by atomic mass is 32.2. The van der Waals surface area contributed by atoms with Crippen LogP contribution >= 0.6 is 11.8 Å². The number of rotatable bonds is 3. The summed E-state index contributed by atoms with van der Waals surface area (Å²) in [6.07, 6.45) is 1.01. The summed E-state index contributed by atoms with van der Waals surface area (Å²) in [6.45, 7) is 5.35. The van der Waals surface area contributed by atoms with Gasteiger partial charge < -0.3 is 15.8 Å². The maximum absolute atomic E-state index is 12.3. The van der Waals surface area contributed by atoms with Gasteiger partial charge in [0.25, 0.3) is 0 Å². The Kier molecular flexibility index (Phi) is 5.61. The summed E-state index contributed by atoms with van der Waals surface area (Å²) in [7, 11) is 0. The average molecular weight is 259 g/mol. The molecule has 1 unspecified atom stereocenters. The van der Waals surface area contributed by atoms with Crippen LogP contribution in [0.4, 0.5) is 0 Å². The van der Waals surface area contributed by atoms with Crippen molar-refractivity contribution >= 4 is 23.5 Å². The van der Waals surface area contributed by atoms with Crippen molar-refractivity contribution in [3.63, 3.8) is 0 Å². The van der Waals surface area contributed by atoms with E-state index in [4.69, 9.17) is 10.9 Å². The van der Waals surface area contributed by atoms with Crippen LogP contribution in [0.5, 0.6) is 0 Å².